The summed E-state index contributed by atoms with van der Waals surface area (Å²) in [5.41, 5.74) is 3.64. The van der Waals surface area contributed by atoms with E-state index in [-0.39, 0.29) is 37.8 Å². The Balaban J connectivity index is 1.85. The number of carbonyl (C=O) groups excluding carboxylic acids is 2. The number of hydrogen-bond acceptors (Lipinski definition) is 8. The van der Waals surface area contributed by atoms with E-state index in [2.05, 4.69) is 15.4 Å². The largest absolute Gasteiger partial charge is 0.464 e. The van der Waals surface area contributed by atoms with Gasteiger partial charge in [-0.3, -0.25) is 24.4 Å². The molecule has 15 heteroatoms. The molecule has 0 fully saturated rings. The standard InChI is InChI=1S/C19H13F3N6O5S/c1-8(27-7-9(6-24-27)28(31)32)17(30)26-14-13-10(11-3-2-4-33-11)5-12(19(20,21)22)25-18(13)34-15(14)16(23)29/h2-8H,1H3,(H2,23,29)(H,26,30). The van der Waals surface area contributed by atoms with Crippen molar-refractivity contribution in [2.75, 3.05) is 5.32 Å². The number of nitrogens with zero attached hydrogens (tertiary/aromatic N) is 4. The van der Waals surface area contributed by atoms with E-state index in [1.807, 2.05) is 0 Å². The molecular weight excluding hydrogens is 481 g/mol. The van der Waals surface area contributed by atoms with Gasteiger partial charge in [0.05, 0.1) is 16.9 Å². The number of halogens is 3. The Bertz CT molecular complexity index is 1430. The topological polar surface area (TPSA) is 159 Å². The minimum atomic E-state index is -4.79. The number of alkyl halides is 3. The van der Waals surface area contributed by atoms with Crippen molar-refractivity contribution >= 4 is 44.7 Å². The predicted octanol–water partition coefficient (Wildman–Crippen LogP) is 3.98. The van der Waals surface area contributed by atoms with Gasteiger partial charge < -0.3 is 15.5 Å². The number of anilines is 1. The van der Waals surface area contributed by atoms with E-state index in [9.17, 15) is 32.9 Å². The van der Waals surface area contributed by atoms with Gasteiger partial charge in [0.25, 0.3) is 5.91 Å². The summed E-state index contributed by atoms with van der Waals surface area (Å²) in [6.45, 7) is 1.39. The number of hydrogen-bond donors (Lipinski definition) is 2. The van der Waals surface area contributed by atoms with Crippen LogP contribution >= 0.6 is 11.3 Å². The molecule has 0 radical (unpaired) electrons. The summed E-state index contributed by atoms with van der Waals surface area (Å²) in [6.07, 6.45) is -1.55. The van der Waals surface area contributed by atoms with Crippen molar-refractivity contribution in [3.63, 3.8) is 0 Å². The second kappa shape index (κ2) is 8.26. The summed E-state index contributed by atoms with van der Waals surface area (Å²) in [5, 5.41) is 17.2. The fourth-order valence-corrected chi connectivity index (χ4v) is 4.15. The zero-order valence-electron chi connectivity index (χ0n) is 17.0. The van der Waals surface area contributed by atoms with E-state index in [1.54, 1.807) is 0 Å². The lowest BCUT2D eigenvalue weighted by Gasteiger charge is -2.14. The molecule has 4 aromatic rings. The van der Waals surface area contributed by atoms with Crippen LogP contribution in [0.15, 0.2) is 41.3 Å². The maximum atomic E-state index is 13.5. The van der Waals surface area contributed by atoms with E-state index in [0.29, 0.717) is 11.3 Å². The Hall–Kier alpha value is -4.27. The first-order valence-corrected chi connectivity index (χ1v) is 10.2. The second-order valence-corrected chi connectivity index (χ2v) is 7.98. The first kappa shape index (κ1) is 22.9. The molecule has 0 saturated carbocycles. The number of nitro groups is 1. The molecule has 1 unspecified atom stereocenters. The zero-order chi connectivity index (χ0) is 24.8. The smallest absolute Gasteiger partial charge is 0.433 e. The third-order valence-electron chi connectivity index (χ3n) is 4.79. The minimum Gasteiger partial charge on any atom is -0.464 e. The number of carbonyl (C=O) groups is 2. The lowest BCUT2D eigenvalue weighted by atomic mass is 10.1. The Morgan fingerprint density at radius 2 is 2.12 bits per heavy atom. The van der Waals surface area contributed by atoms with Gasteiger partial charge in [0.15, 0.2) is 0 Å². The number of rotatable bonds is 6. The molecule has 176 valence electrons. The number of primary amides is 1. The fraction of sp³-hybridized carbons (Fsp3) is 0.158. The Kier molecular flexibility index (Phi) is 5.56. The van der Waals surface area contributed by atoms with Crippen LogP contribution in [0.4, 0.5) is 24.5 Å². The monoisotopic (exact) mass is 494 g/mol. The van der Waals surface area contributed by atoms with E-state index >= 15 is 0 Å². The molecule has 0 saturated heterocycles. The number of nitrogens with one attached hydrogen (secondary N) is 1. The van der Waals surface area contributed by atoms with E-state index in [4.69, 9.17) is 10.2 Å². The molecule has 4 rings (SSSR count). The van der Waals surface area contributed by atoms with E-state index in [1.165, 1.54) is 25.3 Å². The molecule has 0 spiro atoms. The van der Waals surface area contributed by atoms with Crippen molar-refractivity contribution in [3.05, 3.63) is 57.5 Å². The fourth-order valence-electron chi connectivity index (χ4n) is 3.14. The Morgan fingerprint density at radius 3 is 2.68 bits per heavy atom. The number of pyridine rings is 1. The van der Waals surface area contributed by atoms with Crippen LogP contribution in [-0.4, -0.2) is 31.5 Å². The molecule has 0 aliphatic carbocycles. The highest BCUT2D eigenvalue weighted by Gasteiger charge is 2.35. The first-order chi connectivity index (χ1) is 16.0. The highest BCUT2D eigenvalue weighted by Crippen LogP contribution is 2.43. The molecule has 4 aromatic heterocycles. The average molecular weight is 494 g/mol. The molecular formula is C19H13F3N6O5S. The van der Waals surface area contributed by atoms with Crippen LogP contribution in [0.5, 0.6) is 0 Å². The van der Waals surface area contributed by atoms with Crippen LogP contribution in [0.2, 0.25) is 0 Å². The van der Waals surface area contributed by atoms with Crippen molar-refractivity contribution in [3.8, 4) is 11.3 Å². The van der Waals surface area contributed by atoms with Crippen molar-refractivity contribution in [1.82, 2.24) is 14.8 Å². The van der Waals surface area contributed by atoms with Gasteiger partial charge in [-0.05, 0) is 25.1 Å². The molecule has 34 heavy (non-hydrogen) atoms. The van der Waals surface area contributed by atoms with Gasteiger partial charge in [-0.15, -0.1) is 11.3 Å². The van der Waals surface area contributed by atoms with Gasteiger partial charge in [-0.1, -0.05) is 0 Å². The number of thiophene rings is 1. The number of amides is 2. The molecule has 0 aliphatic heterocycles. The number of furan rings is 1. The van der Waals surface area contributed by atoms with Crippen LogP contribution in [0.25, 0.3) is 21.5 Å². The summed E-state index contributed by atoms with van der Waals surface area (Å²) in [6, 6.07) is 2.53. The predicted molar refractivity (Wildman–Crippen MR) is 113 cm³/mol. The number of nitrogens with two attached hydrogens (primary N) is 1. The van der Waals surface area contributed by atoms with Gasteiger partial charge in [-0.2, -0.15) is 18.3 Å². The summed E-state index contributed by atoms with van der Waals surface area (Å²) in [7, 11) is 0. The first-order valence-electron chi connectivity index (χ1n) is 9.35. The highest BCUT2D eigenvalue weighted by atomic mass is 32.1. The number of aromatic nitrogens is 3. The third kappa shape index (κ3) is 4.07. The molecule has 1 atom stereocenters. The van der Waals surface area contributed by atoms with Crippen molar-refractivity contribution in [2.24, 2.45) is 5.73 Å². The molecule has 4 heterocycles. The zero-order valence-corrected chi connectivity index (χ0v) is 17.8. The van der Waals surface area contributed by atoms with Crippen LogP contribution in [0.1, 0.15) is 28.3 Å². The maximum Gasteiger partial charge on any atom is 0.433 e. The normalized spacial score (nSPS) is 12.6. The van der Waals surface area contributed by atoms with Crippen LogP contribution in [-0.2, 0) is 11.0 Å². The molecule has 0 aliphatic rings. The van der Waals surface area contributed by atoms with Gasteiger partial charge in [0.1, 0.15) is 39.6 Å². The van der Waals surface area contributed by atoms with E-state index < -0.39 is 34.6 Å². The lowest BCUT2D eigenvalue weighted by Crippen LogP contribution is -2.25. The summed E-state index contributed by atoms with van der Waals surface area (Å²) < 4.78 is 46.7. The summed E-state index contributed by atoms with van der Waals surface area (Å²) >= 11 is 0.577. The van der Waals surface area contributed by atoms with Gasteiger partial charge in [0, 0.05) is 10.9 Å². The van der Waals surface area contributed by atoms with Crippen molar-refractivity contribution in [2.45, 2.75) is 19.1 Å². The van der Waals surface area contributed by atoms with E-state index in [0.717, 1.165) is 23.1 Å². The van der Waals surface area contributed by atoms with Crippen molar-refractivity contribution in [1.29, 1.82) is 0 Å². The Morgan fingerprint density at radius 1 is 1.38 bits per heavy atom. The molecule has 0 aromatic carbocycles. The van der Waals surface area contributed by atoms with Crippen LogP contribution in [0.3, 0.4) is 0 Å². The number of fused-ring (bicyclic) bond motifs is 1. The van der Waals surface area contributed by atoms with Gasteiger partial charge >= 0.3 is 11.9 Å². The molecule has 2 amide bonds. The Labute approximate surface area is 191 Å². The van der Waals surface area contributed by atoms with Crippen LogP contribution in [0, 0.1) is 10.1 Å². The lowest BCUT2D eigenvalue weighted by molar-refractivity contribution is -0.385. The average Bonchev–Trinajstić information content (AvgIpc) is 3.51. The van der Waals surface area contributed by atoms with Gasteiger partial charge in [0.2, 0.25) is 5.91 Å². The van der Waals surface area contributed by atoms with Crippen LogP contribution < -0.4 is 11.1 Å². The maximum absolute atomic E-state index is 13.5. The molecule has 11 nitrogen and oxygen atoms in total. The quantitative estimate of drug-likeness (QED) is 0.303. The minimum absolute atomic E-state index is 0.0220. The van der Waals surface area contributed by atoms with Gasteiger partial charge in [-0.25, -0.2) is 4.98 Å². The summed E-state index contributed by atoms with van der Waals surface area (Å²) in [5.74, 6) is -1.72. The SMILES string of the molecule is CC(C(=O)Nc1c(C(N)=O)sc2nc(C(F)(F)F)cc(-c3ccco3)c12)n1cc([N+](=O)[O-])cn1. The third-order valence-corrected chi connectivity index (χ3v) is 5.88. The molecule has 0 bridgehead atoms. The summed E-state index contributed by atoms with van der Waals surface area (Å²) in [4.78, 5) is 38.4. The second-order valence-electron chi connectivity index (χ2n) is 6.98. The molecule has 3 N–H and O–H groups in total. The highest BCUT2D eigenvalue weighted by molar-refractivity contribution is 7.21. The van der Waals surface area contributed by atoms with Crippen molar-refractivity contribution < 1.29 is 32.1 Å².